The van der Waals surface area contributed by atoms with Crippen molar-refractivity contribution in [1.82, 2.24) is 4.90 Å². The molecule has 1 atom stereocenters. The molecule has 1 fully saturated rings. The van der Waals surface area contributed by atoms with E-state index in [1.807, 2.05) is 37.3 Å². The van der Waals surface area contributed by atoms with Gasteiger partial charge in [0, 0.05) is 13.1 Å². The van der Waals surface area contributed by atoms with Gasteiger partial charge in [-0.3, -0.25) is 0 Å². The summed E-state index contributed by atoms with van der Waals surface area (Å²) in [4.78, 5) is 2.48. The number of hydrogen-bond acceptors (Lipinski definition) is 5. The Labute approximate surface area is 196 Å². The molecular formula is C28H35NO4. The third-order valence-corrected chi connectivity index (χ3v) is 6.39. The van der Waals surface area contributed by atoms with Crippen molar-refractivity contribution in [3.8, 4) is 17.2 Å². The van der Waals surface area contributed by atoms with Crippen LogP contribution in [0.5, 0.6) is 17.2 Å². The highest BCUT2D eigenvalue weighted by Crippen LogP contribution is 2.34. The summed E-state index contributed by atoms with van der Waals surface area (Å²) in [5.74, 6) is 2.48. The summed E-state index contributed by atoms with van der Waals surface area (Å²) in [6.45, 7) is 5.65. The Balaban J connectivity index is 1.25. The van der Waals surface area contributed by atoms with E-state index in [1.54, 1.807) is 7.11 Å². The number of nitrogens with zero attached hydrogens (tertiary/aromatic N) is 1. The molecule has 1 unspecified atom stereocenters. The summed E-state index contributed by atoms with van der Waals surface area (Å²) in [7, 11) is 1.65. The molecule has 0 aliphatic carbocycles. The van der Waals surface area contributed by atoms with Gasteiger partial charge in [-0.25, -0.2) is 0 Å². The number of methoxy groups -OCH3 is 1. The van der Waals surface area contributed by atoms with Crippen LogP contribution in [0.1, 0.15) is 44.3 Å². The summed E-state index contributed by atoms with van der Waals surface area (Å²) in [6.07, 6.45) is 3.50. The van der Waals surface area contributed by atoms with Crippen LogP contribution in [0.2, 0.25) is 0 Å². The lowest BCUT2D eigenvalue weighted by molar-refractivity contribution is 0.0918. The smallest absolute Gasteiger partial charge is 0.162 e. The Morgan fingerprint density at radius 2 is 1.64 bits per heavy atom. The Morgan fingerprint density at radius 1 is 0.970 bits per heavy atom. The molecule has 1 aliphatic heterocycles. The Bertz CT molecular complexity index is 1010. The van der Waals surface area contributed by atoms with Crippen LogP contribution in [0.25, 0.3) is 10.8 Å². The number of aliphatic hydroxyl groups excluding tert-OH is 1. The van der Waals surface area contributed by atoms with Crippen molar-refractivity contribution in [3.05, 3.63) is 66.2 Å². The minimum atomic E-state index is -0.429. The van der Waals surface area contributed by atoms with E-state index < -0.39 is 6.10 Å². The van der Waals surface area contributed by atoms with Crippen molar-refractivity contribution in [2.24, 2.45) is 0 Å². The predicted octanol–water partition coefficient (Wildman–Crippen LogP) is 5.60. The Kier molecular flexibility index (Phi) is 8.08. The lowest BCUT2D eigenvalue weighted by atomic mass is 10.0. The van der Waals surface area contributed by atoms with E-state index in [0.717, 1.165) is 68.1 Å². The van der Waals surface area contributed by atoms with E-state index in [0.29, 0.717) is 6.61 Å². The molecule has 3 aromatic rings. The standard InChI is InChI=1S/C28H35NO4/c1-3-32-27-19-22-7-4-5-8-23(22)20-28(27)33-25-14-17-29(18-15-25)16-6-9-26(30)21-10-12-24(31-2)13-11-21/h4-5,7-8,10-13,19-20,25-26,30H,3,6,9,14-18H2,1-2H3. The van der Waals surface area contributed by atoms with E-state index in [4.69, 9.17) is 14.2 Å². The number of likely N-dealkylation sites (tertiary alicyclic amines) is 1. The van der Waals surface area contributed by atoms with Crippen molar-refractivity contribution in [1.29, 1.82) is 0 Å². The normalized spacial score (nSPS) is 16.0. The molecule has 0 saturated carbocycles. The van der Waals surface area contributed by atoms with Crippen LogP contribution in [-0.2, 0) is 0 Å². The largest absolute Gasteiger partial charge is 0.497 e. The highest BCUT2D eigenvalue weighted by molar-refractivity contribution is 5.86. The van der Waals surface area contributed by atoms with E-state index in [-0.39, 0.29) is 6.10 Å². The van der Waals surface area contributed by atoms with Crippen molar-refractivity contribution >= 4 is 10.8 Å². The molecule has 1 saturated heterocycles. The fourth-order valence-electron chi connectivity index (χ4n) is 4.49. The fourth-order valence-corrected chi connectivity index (χ4v) is 4.49. The van der Waals surface area contributed by atoms with Crippen LogP contribution < -0.4 is 14.2 Å². The first-order chi connectivity index (χ1) is 16.2. The van der Waals surface area contributed by atoms with Gasteiger partial charge in [-0.2, -0.15) is 0 Å². The molecule has 1 aliphatic rings. The summed E-state index contributed by atoms with van der Waals surface area (Å²) < 4.78 is 17.5. The summed E-state index contributed by atoms with van der Waals surface area (Å²) >= 11 is 0. The van der Waals surface area contributed by atoms with Gasteiger partial charge in [-0.1, -0.05) is 36.4 Å². The van der Waals surface area contributed by atoms with Gasteiger partial charge in [-0.05, 0) is 79.8 Å². The number of fused-ring (bicyclic) bond motifs is 1. The molecule has 176 valence electrons. The van der Waals surface area contributed by atoms with Gasteiger partial charge in [0.15, 0.2) is 11.5 Å². The average Bonchev–Trinajstić information content (AvgIpc) is 2.85. The van der Waals surface area contributed by atoms with E-state index >= 15 is 0 Å². The van der Waals surface area contributed by atoms with E-state index in [9.17, 15) is 5.11 Å². The maximum atomic E-state index is 10.5. The number of piperidine rings is 1. The second-order valence-electron chi connectivity index (χ2n) is 8.67. The number of benzene rings is 3. The summed E-state index contributed by atoms with van der Waals surface area (Å²) in [5, 5.41) is 12.8. The lowest BCUT2D eigenvalue weighted by Crippen LogP contribution is -2.38. The highest BCUT2D eigenvalue weighted by Gasteiger charge is 2.22. The number of aliphatic hydroxyl groups is 1. The van der Waals surface area contributed by atoms with E-state index in [1.165, 1.54) is 10.8 Å². The third kappa shape index (κ3) is 6.18. The van der Waals surface area contributed by atoms with Crippen LogP contribution in [0.4, 0.5) is 0 Å². The lowest BCUT2D eigenvalue weighted by Gasteiger charge is -2.32. The highest BCUT2D eigenvalue weighted by atomic mass is 16.5. The Morgan fingerprint density at radius 3 is 2.27 bits per heavy atom. The van der Waals surface area contributed by atoms with Crippen LogP contribution in [0.3, 0.4) is 0 Å². The molecule has 5 heteroatoms. The zero-order valence-electron chi connectivity index (χ0n) is 19.7. The summed E-state index contributed by atoms with van der Waals surface area (Å²) in [5.41, 5.74) is 0.948. The first-order valence-corrected chi connectivity index (χ1v) is 12.0. The zero-order chi connectivity index (χ0) is 23.0. The van der Waals surface area contributed by atoms with Crippen molar-refractivity contribution < 1.29 is 19.3 Å². The second kappa shape index (κ2) is 11.4. The molecule has 1 heterocycles. The van der Waals surface area contributed by atoms with Gasteiger partial charge in [0.2, 0.25) is 0 Å². The van der Waals surface area contributed by atoms with Crippen molar-refractivity contribution in [2.45, 2.75) is 44.8 Å². The predicted molar refractivity (Wildman–Crippen MR) is 132 cm³/mol. The van der Waals surface area contributed by atoms with Crippen LogP contribution in [0.15, 0.2) is 60.7 Å². The molecule has 0 bridgehead atoms. The fraction of sp³-hybridized carbons (Fsp3) is 0.429. The van der Waals surface area contributed by atoms with E-state index in [2.05, 4.69) is 35.2 Å². The monoisotopic (exact) mass is 449 g/mol. The van der Waals surface area contributed by atoms with Gasteiger partial charge >= 0.3 is 0 Å². The van der Waals surface area contributed by atoms with Gasteiger partial charge in [0.25, 0.3) is 0 Å². The summed E-state index contributed by atoms with van der Waals surface area (Å²) in [6, 6.07) is 20.2. The third-order valence-electron chi connectivity index (χ3n) is 6.39. The van der Waals surface area contributed by atoms with Gasteiger partial charge in [0.05, 0.1) is 19.8 Å². The van der Waals surface area contributed by atoms with Gasteiger partial charge in [0.1, 0.15) is 11.9 Å². The van der Waals surface area contributed by atoms with Crippen molar-refractivity contribution in [3.63, 3.8) is 0 Å². The molecule has 0 amide bonds. The SMILES string of the molecule is CCOc1cc2ccccc2cc1OC1CCN(CCCC(O)c2ccc(OC)cc2)CC1. The molecule has 1 N–H and O–H groups in total. The number of ether oxygens (including phenoxy) is 3. The van der Waals surface area contributed by atoms with Crippen LogP contribution in [0, 0.1) is 0 Å². The topological polar surface area (TPSA) is 51.2 Å². The molecule has 5 nitrogen and oxygen atoms in total. The maximum absolute atomic E-state index is 10.5. The number of rotatable bonds is 10. The molecule has 3 aromatic carbocycles. The Hall–Kier alpha value is -2.76. The maximum Gasteiger partial charge on any atom is 0.162 e. The van der Waals surface area contributed by atoms with Crippen LogP contribution in [-0.4, -0.2) is 49.5 Å². The van der Waals surface area contributed by atoms with Gasteiger partial charge < -0.3 is 24.2 Å². The van der Waals surface area contributed by atoms with Gasteiger partial charge in [-0.15, -0.1) is 0 Å². The second-order valence-corrected chi connectivity index (χ2v) is 8.67. The molecule has 0 aromatic heterocycles. The van der Waals surface area contributed by atoms with Crippen LogP contribution >= 0.6 is 0 Å². The molecule has 0 radical (unpaired) electrons. The minimum absolute atomic E-state index is 0.200. The minimum Gasteiger partial charge on any atom is -0.497 e. The first kappa shape index (κ1) is 23.4. The quantitative estimate of drug-likeness (QED) is 0.436. The average molecular weight is 450 g/mol. The van der Waals surface area contributed by atoms with Crippen molar-refractivity contribution in [2.75, 3.05) is 33.4 Å². The number of hydrogen-bond donors (Lipinski definition) is 1. The molecule has 33 heavy (non-hydrogen) atoms. The zero-order valence-corrected chi connectivity index (χ0v) is 19.7. The molecule has 0 spiro atoms. The first-order valence-electron chi connectivity index (χ1n) is 12.0. The molecular weight excluding hydrogens is 414 g/mol. The molecule has 4 rings (SSSR count).